The van der Waals surface area contributed by atoms with Crippen LogP contribution in [-0.4, -0.2) is 40.5 Å². The third kappa shape index (κ3) is 4.01. The van der Waals surface area contributed by atoms with E-state index in [1.165, 1.54) is 17.0 Å². The molecule has 1 aromatic rings. The maximum Gasteiger partial charge on any atom is 0.240 e. The molecule has 21 heavy (non-hydrogen) atoms. The van der Waals surface area contributed by atoms with E-state index in [-0.39, 0.29) is 24.6 Å². The highest BCUT2D eigenvalue weighted by atomic mass is 19.1. The zero-order valence-electron chi connectivity index (χ0n) is 11.7. The predicted octanol–water partition coefficient (Wildman–Crippen LogP) is 0.595. The lowest BCUT2D eigenvalue weighted by Crippen LogP contribution is -2.53. The van der Waals surface area contributed by atoms with Crippen LogP contribution in [0.15, 0.2) is 24.3 Å². The molecule has 114 valence electrons. The summed E-state index contributed by atoms with van der Waals surface area (Å²) in [7, 11) is 0. The molecule has 0 saturated carbocycles. The van der Waals surface area contributed by atoms with E-state index in [0.717, 1.165) is 5.56 Å². The molecular formula is C15H19FN2O3. The molecule has 1 aromatic carbocycles. The lowest BCUT2D eigenvalue weighted by molar-refractivity contribution is -0.143. The number of benzene rings is 1. The summed E-state index contributed by atoms with van der Waals surface area (Å²) >= 11 is 0. The van der Waals surface area contributed by atoms with Crippen molar-refractivity contribution in [3.8, 4) is 0 Å². The van der Waals surface area contributed by atoms with Crippen LogP contribution in [0.3, 0.4) is 0 Å². The normalized spacial score (nSPS) is 22.1. The average molecular weight is 294 g/mol. The first-order chi connectivity index (χ1) is 9.97. The summed E-state index contributed by atoms with van der Waals surface area (Å²) in [5.74, 6) is -1.08. The molecule has 2 amide bonds. The molecule has 1 fully saturated rings. The lowest BCUT2D eigenvalue weighted by Gasteiger charge is -2.36. The van der Waals surface area contributed by atoms with Crippen molar-refractivity contribution in [1.29, 1.82) is 0 Å². The minimum absolute atomic E-state index is 0.171. The molecule has 3 N–H and O–H groups in total. The first-order valence-electron chi connectivity index (χ1n) is 6.98. The van der Waals surface area contributed by atoms with Gasteiger partial charge in [-0.2, -0.15) is 0 Å². The maximum atomic E-state index is 12.8. The number of primary amides is 1. The standard InChI is InChI=1S/C15H19FN2O3/c16-11-4-1-10(2-5-11)3-6-14(20)18-8-7-12(19)9-13(18)15(17)21/h1-2,4-5,12-13,19H,3,6-9H2,(H2,17,21)/t12-,13?/m0/s1. The average Bonchev–Trinajstić information content (AvgIpc) is 2.46. The van der Waals surface area contributed by atoms with Crippen molar-refractivity contribution in [3.63, 3.8) is 0 Å². The molecule has 5 nitrogen and oxygen atoms in total. The molecule has 0 aliphatic carbocycles. The van der Waals surface area contributed by atoms with Gasteiger partial charge in [0, 0.05) is 19.4 Å². The van der Waals surface area contributed by atoms with E-state index >= 15 is 0 Å². The molecule has 0 bridgehead atoms. The Hall–Kier alpha value is -1.95. The van der Waals surface area contributed by atoms with Crippen LogP contribution < -0.4 is 5.73 Å². The summed E-state index contributed by atoms with van der Waals surface area (Å²) in [5.41, 5.74) is 6.15. The summed E-state index contributed by atoms with van der Waals surface area (Å²) in [5, 5.41) is 9.58. The Morgan fingerprint density at radius 3 is 2.62 bits per heavy atom. The van der Waals surface area contributed by atoms with Gasteiger partial charge in [-0.25, -0.2) is 4.39 Å². The Bertz CT molecular complexity index is 518. The van der Waals surface area contributed by atoms with Crippen LogP contribution in [0.4, 0.5) is 4.39 Å². The summed E-state index contributed by atoms with van der Waals surface area (Å²) in [6.45, 7) is 0.330. The molecule has 1 aliphatic rings. The van der Waals surface area contributed by atoms with Crippen LogP contribution in [-0.2, 0) is 16.0 Å². The third-order valence-corrected chi connectivity index (χ3v) is 3.76. The Kier molecular flexibility index (Phi) is 4.90. The van der Waals surface area contributed by atoms with Gasteiger partial charge in [0.1, 0.15) is 11.9 Å². The SMILES string of the molecule is NC(=O)C1C[C@@H](O)CCN1C(=O)CCc1ccc(F)cc1. The number of carbonyl (C=O) groups excluding carboxylic acids is 2. The number of nitrogens with zero attached hydrogens (tertiary/aromatic N) is 1. The zero-order chi connectivity index (χ0) is 15.4. The van der Waals surface area contributed by atoms with E-state index in [0.29, 0.717) is 19.4 Å². The maximum absolute atomic E-state index is 12.8. The second-order valence-corrected chi connectivity index (χ2v) is 5.31. The molecule has 1 unspecified atom stereocenters. The Morgan fingerprint density at radius 1 is 1.33 bits per heavy atom. The van der Waals surface area contributed by atoms with Crippen LogP contribution in [0.2, 0.25) is 0 Å². The van der Waals surface area contributed by atoms with Gasteiger partial charge in [-0.15, -0.1) is 0 Å². The number of aliphatic hydroxyl groups excluding tert-OH is 1. The van der Waals surface area contributed by atoms with Gasteiger partial charge in [0.25, 0.3) is 0 Å². The van der Waals surface area contributed by atoms with Gasteiger partial charge >= 0.3 is 0 Å². The molecular weight excluding hydrogens is 275 g/mol. The molecule has 0 spiro atoms. The van der Waals surface area contributed by atoms with Gasteiger partial charge in [0.15, 0.2) is 0 Å². The highest BCUT2D eigenvalue weighted by Crippen LogP contribution is 2.19. The first-order valence-corrected chi connectivity index (χ1v) is 6.98. The van der Waals surface area contributed by atoms with Crippen molar-refractivity contribution >= 4 is 11.8 Å². The van der Waals surface area contributed by atoms with Crippen molar-refractivity contribution in [1.82, 2.24) is 4.90 Å². The fourth-order valence-electron chi connectivity index (χ4n) is 2.56. The number of hydrogen-bond donors (Lipinski definition) is 2. The topological polar surface area (TPSA) is 83.6 Å². The predicted molar refractivity (Wildman–Crippen MR) is 74.7 cm³/mol. The van der Waals surface area contributed by atoms with Crippen molar-refractivity contribution in [2.75, 3.05) is 6.54 Å². The second kappa shape index (κ2) is 6.67. The largest absolute Gasteiger partial charge is 0.393 e. The molecule has 0 aromatic heterocycles. The van der Waals surface area contributed by atoms with Gasteiger partial charge in [-0.05, 0) is 30.5 Å². The molecule has 2 atom stereocenters. The lowest BCUT2D eigenvalue weighted by atomic mass is 9.98. The fourth-order valence-corrected chi connectivity index (χ4v) is 2.56. The van der Waals surface area contributed by atoms with Gasteiger partial charge in [0.2, 0.25) is 11.8 Å². The van der Waals surface area contributed by atoms with E-state index in [1.54, 1.807) is 12.1 Å². The summed E-state index contributed by atoms with van der Waals surface area (Å²) in [4.78, 5) is 25.1. The molecule has 1 aliphatic heterocycles. The first kappa shape index (κ1) is 15.4. The van der Waals surface area contributed by atoms with Crippen LogP contribution >= 0.6 is 0 Å². The van der Waals surface area contributed by atoms with E-state index < -0.39 is 18.1 Å². The highest BCUT2D eigenvalue weighted by molar-refractivity contribution is 5.87. The number of likely N-dealkylation sites (tertiary alicyclic amines) is 1. The van der Waals surface area contributed by atoms with E-state index in [1.807, 2.05) is 0 Å². The third-order valence-electron chi connectivity index (χ3n) is 3.76. The van der Waals surface area contributed by atoms with E-state index in [9.17, 15) is 19.1 Å². The number of aryl methyl sites for hydroxylation is 1. The van der Waals surface area contributed by atoms with E-state index in [2.05, 4.69) is 0 Å². The van der Waals surface area contributed by atoms with Crippen molar-refractivity contribution < 1.29 is 19.1 Å². The summed E-state index contributed by atoms with van der Waals surface area (Å²) in [6, 6.07) is 5.23. The summed E-state index contributed by atoms with van der Waals surface area (Å²) < 4.78 is 12.8. The van der Waals surface area contributed by atoms with Gasteiger partial charge in [-0.1, -0.05) is 12.1 Å². The second-order valence-electron chi connectivity index (χ2n) is 5.31. The number of nitrogens with two attached hydrogens (primary N) is 1. The number of carbonyl (C=O) groups is 2. The molecule has 1 heterocycles. The van der Waals surface area contributed by atoms with Gasteiger partial charge in [-0.3, -0.25) is 9.59 Å². The zero-order valence-corrected chi connectivity index (χ0v) is 11.7. The van der Waals surface area contributed by atoms with Crippen LogP contribution in [0, 0.1) is 5.82 Å². The number of piperidine rings is 1. The number of amides is 2. The summed E-state index contributed by atoms with van der Waals surface area (Å²) in [6.07, 6.45) is 0.752. The monoisotopic (exact) mass is 294 g/mol. The van der Waals surface area contributed by atoms with Crippen molar-refractivity contribution in [2.45, 2.75) is 37.8 Å². The Balaban J connectivity index is 1.95. The smallest absolute Gasteiger partial charge is 0.240 e. The Labute approximate surface area is 122 Å². The number of aliphatic hydroxyl groups is 1. The quantitative estimate of drug-likeness (QED) is 0.852. The number of halogens is 1. The highest BCUT2D eigenvalue weighted by Gasteiger charge is 2.33. The van der Waals surface area contributed by atoms with Crippen molar-refractivity contribution in [2.24, 2.45) is 5.73 Å². The number of rotatable bonds is 4. The van der Waals surface area contributed by atoms with Gasteiger partial charge in [0.05, 0.1) is 6.10 Å². The fraction of sp³-hybridized carbons (Fsp3) is 0.467. The van der Waals surface area contributed by atoms with Gasteiger partial charge < -0.3 is 15.7 Å². The molecule has 2 rings (SSSR count). The molecule has 6 heteroatoms. The molecule has 1 saturated heterocycles. The minimum atomic E-state index is -0.741. The van der Waals surface area contributed by atoms with Crippen LogP contribution in [0.25, 0.3) is 0 Å². The van der Waals surface area contributed by atoms with Crippen LogP contribution in [0.1, 0.15) is 24.8 Å². The number of hydrogen-bond acceptors (Lipinski definition) is 3. The van der Waals surface area contributed by atoms with Crippen molar-refractivity contribution in [3.05, 3.63) is 35.6 Å². The molecule has 0 radical (unpaired) electrons. The van der Waals surface area contributed by atoms with E-state index in [4.69, 9.17) is 5.73 Å². The Morgan fingerprint density at radius 2 is 2.00 bits per heavy atom. The van der Waals surface area contributed by atoms with Crippen LogP contribution in [0.5, 0.6) is 0 Å². The minimum Gasteiger partial charge on any atom is -0.393 e.